The Hall–Kier alpha value is -2.07. The highest BCUT2D eigenvalue weighted by molar-refractivity contribution is 6.30. The van der Waals surface area contributed by atoms with E-state index < -0.39 is 11.8 Å². The van der Waals surface area contributed by atoms with E-state index in [1.54, 1.807) is 6.07 Å². The van der Waals surface area contributed by atoms with E-state index in [0.29, 0.717) is 10.7 Å². The van der Waals surface area contributed by atoms with E-state index in [-0.39, 0.29) is 5.69 Å². The molecule has 2 aromatic rings. The van der Waals surface area contributed by atoms with Crippen LogP contribution in [0.2, 0.25) is 5.02 Å². The molecule has 2 rings (SSSR count). The lowest BCUT2D eigenvalue weighted by atomic mass is 10.1. The second-order valence-corrected chi connectivity index (χ2v) is 4.94. The van der Waals surface area contributed by atoms with Gasteiger partial charge in [-0.2, -0.15) is 0 Å². The zero-order chi connectivity index (χ0) is 14.7. The first-order valence-corrected chi connectivity index (χ1v) is 6.44. The molecule has 0 heterocycles. The van der Waals surface area contributed by atoms with E-state index in [0.717, 1.165) is 11.1 Å². The summed E-state index contributed by atoms with van der Waals surface area (Å²) in [5.41, 5.74) is 2.89. The van der Waals surface area contributed by atoms with E-state index in [4.69, 9.17) is 11.6 Å². The van der Waals surface area contributed by atoms with Crippen LogP contribution in [0, 0.1) is 19.7 Å². The van der Waals surface area contributed by atoms with Crippen LogP contribution in [0.25, 0.3) is 0 Å². The molecule has 0 aliphatic rings. The van der Waals surface area contributed by atoms with Gasteiger partial charge in [-0.3, -0.25) is 0 Å². The Kier molecular flexibility index (Phi) is 4.25. The van der Waals surface area contributed by atoms with Crippen molar-refractivity contribution in [1.29, 1.82) is 0 Å². The first kappa shape index (κ1) is 14.3. The van der Waals surface area contributed by atoms with Gasteiger partial charge in [0.15, 0.2) is 0 Å². The highest BCUT2D eigenvalue weighted by Crippen LogP contribution is 2.20. The largest absolute Gasteiger partial charge is 0.323 e. The molecule has 0 fully saturated rings. The normalized spacial score (nSPS) is 10.2. The summed E-state index contributed by atoms with van der Waals surface area (Å²) in [5.74, 6) is -0.537. The summed E-state index contributed by atoms with van der Waals surface area (Å²) in [6.45, 7) is 3.94. The standard InChI is InChI=1S/C15H14ClFN2O/c1-9-3-5-12(7-10(9)2)18-15(20)19-14-8-11(16)4-6-13(14)17/h3-8H,1-2H3,(H2,18,19,20). The van der Waals surface area contributed by atoms with Crippen LogP contribution in [0.4, 0.5) is 20.6 Å². The minimum atomic E-state index is -0.537. The highest BCUT2D eigenvalue weighted by atomic mass is 35.5. The third-order valence-electron chi connectivity index (χ3n) is 2.94. The summed E-state index contributed by atoms with van der Waals surface area (Å²) in [6.07, 6.45) is 0. The van der Waals surface area contributed by atoms with Crippen molar-refractivity contribution >= 4 is 29.0 Å². The van der Waals surface area contributed by atoms with Crippen molar-refractivity contribution in [3.63, 3.8) is 0 Å². The Labute approximate surface area is 121 Å². The number of carbonyl (C=O) groups is 1. The summed E-state index contributed by atoms with van der Waals surface area (Å²) < 4.78 is 13.5. The molecule has 0 aliphatic carbocycles. The predicted octanol–water partition coefficient (Wildman–Crippen LogP) is 4.74. The van der Waals surface area contributed by atoms with Crippen LogP contribution in [0.3, 0.4) is 0 Å². The third-order valence-corrected chi connectivity index (χ3v) is 3.18. The Balaban J connectivity index is 2.09. The number of rotatable bonds is 2. The molecule has 3 nitrogen and oxygen atoms in total. The maximum atomic E-state index is 13.5. The van der Waals surface area contributed by atoms with Crippen molar-refractivity contribution in [3.8, 4) is 0 Å². The van der Waals surface area contributed by atoms with Gasteiger partial charge in [-0.05, 0) is 55.3 Å². The minimum Gasteiger partial charge on any atom is -0.308 e. The molecule has 2 amide bonds. The molecule has 2 N–H and O–H groups in total. The molecule has 0 saturated heterocycles. The summed E-state index contributed by atoms with van der Waals surface area (Å²) in [6, 6.07) is 9.01. The van der Waals surface area contributed by atoms with Crippen molar-refractivity contribution in [3.05, 3.63) is 58.4 Å². The lowest BCUT2D eigenvalue weighted by Crippen LogP contribution is -2.20. The average Bonchev–Trinajstić information content (AvgIpc) is 2.38. The van der Waals surface area contributed by atoms with Gasteiger partial charge >= 0.3 is 6.03 Å². The molecule has 5 heteroatoms. The first-order valence-electron chi connectivity index (χ1n) is 6.06. The number of hydrogen-bond donors (Lipinski definition) is 2. The molecular weight excluding hydrogens is 279 g/mol. The SMILES string of the molecule is Cc1ccc(NC(=O)Nc2cc(Cl)ccc2F)cc1C. The molecule has 0 aliphatic heterocycles. The van der Waals surface area contributed by atoms with Gasteiger partial charge in [0.2, 0.25) is 0 Å². The van der Waals surface area contributed by atoms with Gasteiger partial charge in [0.25, 0.3) is 0 Å². The topological polar surface area (TPSA) is 41.1 Å². The summed E-state index contributed by atoms with van der Waals surface area (Å²) in [5, 5.41) is 5.42. The third kappa shape index (κ3) is 3.48. The number of nitrogens with one attached hydrogen (secondary N) is 2. The molecule has 0 saturated carbocycles. The van der Waals surface area contributed by atoms with Crippen molar-refractivity contribution in [2.75, 3.05) is 10.6 Å². The number of aryl methyl sites for hydroxylation is 2. The van der Waals surface area contributed by atoms with Crippen LogP contribution in [0.15, 0.2) is 36.4 Å². The van der Waals surface area contributed by atoms with Crippen molar-refractivity contribution in [1.82, 2.24) is 0 Å². The molecule has 0 unspecified atom stereocenters. The summed E-state index contributed by atoms with van der Waals surface area (Å²) in [4.78, 5) is 11.8. The number of carbonyl (C=O) groups excluding carboxylic acids is 1. The Morgan fingerprint density at radius 2 is 1.80 bits per heavy atom. The number of amides is 2. The molecule has 104 valence electrons. The molecule has 0 aromatic heterocycles. The predicted molar refractivity (Wildman–Crippen MR) is 80.0 cm³/mol. The fourth-order valence-corrected chi connectivity index (χ4v) is 1.87. The maximum Gasteiger partial charge on any atom is 0.323 e. The second kappa shape index (κ2) is 5.92. The van der Waals surface area contributed by atoms with E-state index in [1.807, 2.05) is 26.0 Å². The van der Waals surface area contributed by atoms with Gasteiger partial charge in [0.05, 0.1) is 5.69 Å². The van der Waals surface area contributed by atoms with E-state index in [2.05, 4.69) is 10.6 Å². The van der Waals surface area contributed by atoms with E-state index >= 15 is 0 Å². The van der Waals surface area contributed by atoms with Crippen LogP contribution in [0.5, 0.6) is 0 Å². The molecule has 0 radical (unpaired) electrons. The van der Waals surface area contributed by atoms with Crippen LogP contribution < -0.4 is 10.6 Å². The second-order valence-electron chi connectivity index (χ2n) is 4.50. The van der Waals surface area contributed by atoms with Crippen LogP contribution in [-0.4, -0.2) is 6.03 Å². The van der Waals surface area contributed by atoms with Gasteiger partial charge in [-0.25, -0.2) is 9.18 Å². The number of anilines is 2. The van der Waals surface area contributed by atoms with E-state index in [1.165, 1.54) is 18.2 Å². The van der Waals surface area contributed by atoms with Crippen molar-refractivity contribution in [2.24, 2.45) is 0 Å². The van der Waals surface area contributed by atoms with Gasteiger partial charge in [-0.1, -0.05) is 17.7 Å². The van der Waals surface area contributed by atoms with Crippen LogP contribution in [0.1, 0.15) is 11.1 Å². The molecule has 0 atom stereocenters. The van der Waals surface area contributed by atoms with Gasteiger partial charge in [0.1, 0.15) is 5.82 Å². The number of halogens is 2. The fourth-order valence-electron chi connectivity index (χ4n) is 1.70. The molecule has 0 bridgehead atoms. The Morgan fingerprint density at radius 3 is 2.50 bits per heavy atom. The van der Waals surface area contributed by atoms with Crippen molar-refractivity contribution in [2.45, 2.75) is 13.8 Å². The fraction of sp³-hybridized carbons (Fsp3) is 0.133. The molecule has 0 spiro atoms. The number of hydrogen-bond acceptors (Lipinski definition) is 1. The molecule has 2 aromatic carbocycles. The number of benzene rings is 2. The van der Waals surface area contributed by atoms with Gasteiger partial charge in [0, 0.05) is 10.7 Å². The maximum absolute atomic E-state index is 13.5. The quantitative estimate of drug-likeness (QED) is 0.824. The van der Waals surface area contributed by atoms with Crippen LogP contribution in [-0.2, 0) is 0 Å². The molecular formula is C15H14ClFN2O. The zero-order valence-electron chi connectivity index (χ0n) is 11.1. The Morgan fingerprint density at radius 1 is 1.05 bits per heavy atom. The first-order chi connectivity index (χ1) is 9.45. The van der Waals surface area contributed by atoms with Crippen molar-refractivity contribution < 1.29 is 9.18 Å². The van der Waals surface area contributed by atoms with E-state index in [9.17, 15) is 9.18 Å². The van der Waals surface area contributed by atoms with Crippen LogP contribution >= 0.6 is 11.6 Å². The smallest absolute Gasteiger partial charge is 0.308 e. The summed E-state index contributed by atoms with van der Waals surface area (Å²) >= 11 is 5.76. The highest BCUT2D eigenvalue weighted by Gasteiger charge is 2.08. The number of urea groups is 1. The zero-order valence-corrected chi connectivity index (χ0v) is 11.9. The lowest BCUT2D eigenvalue weighted by molar-refractivity contribution is 0.262. The minimum absolute atomic E-state index is 0.0406. The average molecular weight is 293 g/mol. The molecule has 20 heavy (non-hydrogen) atoms. The Bertz CT molecular complexity index is 658. The monoisotopic (exact) mass is 292 g/mol. The van der Waals surface area contributed by atoms with Gasteiger partial charge < -0.3 is 10.6 Å². The summed E-state index contributed by atoms with van der Waals surface area (Å²) in [7, 11) is 0. The lowest BCUT2D eigenvalue weighted by Gasteiger charge is -2.10. The van der Waals surface area contributed by atoms with Gasteiger partial charge in [-0.15, -0.1) is 0 Å².